The molecule has 0 radical (unpaired) electrons. The molecule has 3 N–H and O–H groups in total. The topological polar surface area (TPSA) is 46.2 Å². The molecular formula is C23H50INO. The van der Waals surface area contributed by atoms with Gasteiger partial charge >= 0.3 is 0 Å². The standard InChI is InChI=1S/C23H49NO.HI/c1-2-3-4-5-6-7-8-11-14-17-20-23(24)21-18-15-12-9-10-13-16-19-22-25;/h23,25H,2-22,24H2,1H3;1H. The third-order valence-electron chi connectivity index (χ3n) is 5.41. The quantitative estimate of drug-likeness (QED) is 0.130. The average Bonchev–Trinajstić information content (AvgIpc) is 2.62. The van der Waals surface area contributed by atoms with Crippen molar-refractivity contribution in [3.8, 4) is 0 Å². The number of halogens is 1. The van der Waals surface area contributed by atoms with E-state index in [2.05, 4.69) is 6.92 Å². The lowest BCUT2D eigenvalue weighted by atomic mass is 10.0. The van der Waals surface area contributed by atoms with Crippen LogP contribution in [0.1, 0.15) is 135 Å². The second-order valence-corrected chi connectivity index (χ2v) is 8.07. The fourth-order valence-electron chi connectivity index (χ4n) is 3.62. The first-order valence-corrected chi connectivity index (χ1v) is 11.7. The van der Waals surface area contributed by atoms with Crippen LogP contribution in [0.3, 0.4) is 0 Å². The summed E-state index contributed by atoms with van der Waals surface area (Å²) in [5.41, 5.74) is 6.25. The Morgan fingerprint density at radius 3 is 1.19 bits per heavy atom. The monoisotopic (exact) mass is 483 g/mol. The molecule has 2 nitrogen and oxygen atoms in total. The van der Waals surface area contributed by atoms with E-state index in [4.69, 9.17) is 10.8 Å². The van der Waals surface area contributed by atoms with E-state index in [1.54, 1.807) is 0 Å². The Balaban J connectivity index is 0. The van der Waals surface area contributed by atoms with Crippen LogP contribution in [0.15, 0.2) is 0 Å². The molecule has 0 fully saturated rings. The van der Waals surface area contributed by atoms with Gasteiger partial charge in [0.2, 0.25) is 0 Å². The highest BCUT2D eigenvalue weighted by Gasteiger charge is 2.02. The van der Waals surface area contributed by atoms with Crippen molar-refractivity contribution in [2.24, 2.45) is 5.73 Å². The van der Waals surface area contributed by atoms with Crippen molar-refractivity contribution in [3.05, 3.63) is 0 Å². The number of hydrogen-bond acceptors (Lipinski definition) is 2. The van der Waals surface area contributed by atoms with Gasteiger partial charge in [-0.3, -0.25) is 0 Å². The van der Waals surface area contributed by atoms with Gasteiger partial charge in [0, 0.05) is 12.6 Å². The summed E-state index contributed by atoms with van der Waals surface area (Å²) >= 11 is 0. The molecule has 3 heteroatoms. The minimum absolute atomic E-state index is 0. The molecule has 0 bridgehead atoms. The summed E-state index contributed by atoms with van der Waals surface area (Å²) in [6.07, 6.45) is 26.8. The van der Waals surface area contributed by atoms with Crippen molar-refractivity contribution in [1.29, 1.82) is 0 Å². The van der Waals surface area contributed by atoms with Crippen LogP contribution in [0.2, 0.25) is 0 Å². The molecule has 160 valence electrons. The summed E-state index contributed by atoms with van der Waals surface area (Å²) in [6, 6.07) is 0.443. The van der Waals surface area contributed by atoms with Crippen molar-refractivity contribution in [1.82, 2.24) is 0 Å². The van der Waals surface area contributed by atoms with Crippen LogP contribution in [0.25, 0.3) is 0 Å². The third-order valence-corrected chi connectivity index (χ3v) is 5.41. The predicted octanol–water partition coefficient (Wildman–Crippen LogP) is 7.75. The molecule has 1 unspecified atom stereocenters. The third kappa shape index (κ3) is 24.7. The lowest BCUT2D eigenvalue weighted by Gasteiger charge is -2.11. The van der Waals surface area contributed by atoms with Crippen LogP contribution >= 0.6 is 24.0 Å². The van der Waals surface area contributed by atoms with E-state index in [1.807, 2.05) is 0 Å². The zero-order chi connectivity index (χ0) is 18.4. The first-order chi connectivity index (χ1) is 12.3. The van der Waals surface area contributed by atoms with Crippen molar-refractivity contribution in [2.75, 3.05) is 6.61 Å². The molecule has 0 aliphatic heterocycles. The van der Waals surface area contributed by atoms with Crippen LogP contribution in [0.4, 0.5) is 0 Å². The predicted molar refractivity (Wildman–Crippen MR) is 128 cm³/mol. The van der Waals surface area contributed by atoms with E-state index < -0.39 is 0 Å². The van der Waals surface area contributed by atoms with Gasteiger partial charge in [0.1, 0.15) is 0 Å². The Morgan fingerprint density at radius 2 is 0.846 bits per heavy atom. The fraction of sp³-hybridized carbons (Fsp3) is 1.00. The number of aliphatic hydroxyl groups excluding tert-OH is 1. The highest BCUT2D eigenvalue weighted by atomic mass is 127. The summed E-state index contributed by atoms with van der Waals surface area (Å²) in [5, 5.41) is 8.73. The maximum atomic E-state index is 8.73. The van der Waals surface area contributed by atoms with Crippen LogP contribution in [0.5, 0.6) is 0 Å². The minimum atomic E-state index is 0. The Morgan fingerprint density at radius 1 is 0.538 bits per heavy atom. The zero-order valence-electron chi connectivity index (χ0n) is 17.9. The van der Waals surface area contributed by atoms with Gasteiger partial charge in [0.15, 0.2) is 0 Å². The molecule has 0 aromatic rings. The Kier molecular flexibility index (Phi) is 28.5. The average molecular weight is 484 g/mol. The van der Waals surface area contributed by atoms with Gasteiger partial charge in [-0.1, -0.05) is 116 Å². The molecular weight excluding hydrogens is 433 g/mol. The van der Waals surface area contributed by atoms with Gasteiger partial charge in [-0.25, -0.2) is 0 Å². The Hall–Kier alpha value is 0.650. The van der Waals surface area contributed by atoms with Gasteiger partial charge in [0.05, 0.1) is 0 Å². The number of nitrogens with two attached hydrogens (primary N) is 1. The summed E-state index contributed by atoms with van der Waals surface area (Å²) in [7, 11) is 0. The van der Waals surface area contributed by atoms with Crippen molar-refractivity contribution in [2.45, 2.75) is 141 Å². The van der Waals surface area contributed by atoms with Gasteiger partial charge < -0.3 is 10.8 Å². The number of rotatable bonds is 21. The molecule has 0 aromatic carbocycles. The molecule has 0 saturated heterocycles. The summed E-state index contributed by atoms with van der Waals surface area (Å²) in [4.78, 5) is 0. The highest BCUT2D eigenvalue weighted by molar-refractivity contribution is 14.0. The van der Waals surface area contributed by atoms with E-state index >= 15 is 0 Å². The number of unbranched alkanes of at least 4 members (excludes halogenated alkanes) is 16. The SMILES string of the molecule is CCCCCCCCCCCCC(N)CCCCCCCCCCO.I. The largest absolute Gasteiger partial charge is 0.396 e. The van der Waals surface area contributed by atoms with Gasteiger partial charge in [-0.15, -0.1) is 24.0 Å². The molecule has 0 amide bonds. The normalized spacial score (nSPS) is 12.1. The van der Waals surface area contributed by atoms with Gasteiger partial charge in [0.25, 0.3) is 0 Å². The number of hydrogen-bond donors (Lipinski definition) is 2. The van der Waals surface area contributed by atoms with E-state index in [9.17, 15) is 0 Å². The molecule has 0 rings (SSSR count). The lowest BCUT2D eigenvalue weighted by molar-refractivity contribution is 0.282. The van der Waals surface area contributed by atoms with E-state index in [-0.39, 0.29) is 24.0 Å². The maximum absolute atomic E-state index is 8.73. The van der Waals surface area contributed by atoms with Crippen LogP contribution < -0.4 is 5.73 Å². The van der Waals surface area contributed by atoms with E-state index in [0.29, 0.717) is 12.6 Å². The second-order valence-electron chi connectivity index (χ2n) is 8.07. The highest BCUT2D eigenvalue weighted by Crippen LogP contribution is 2.14. The summed E-state index contributed by atoms with van der Waals surface area (Å²) < 4.78 is 0. The van der Waals surface area contributed by atoms with Crippen molar-refractivity contribution in [3.63, 3.8) is 0 Å². The molecule has 0 saturated carbocycles. The van der Waals surface area contributed by atoms with Crippen molar-refractivity contribution < 1.29 is 5.11 Å². The summed E-state index contributed by atoms with van der Waals surface area (Å²) in [6.45, 7) is 2.64. The lowest BCUT2D eigenvalue weighted by Crippen LogP contribution is -2.19. The van der Waals surface area contributed by atoms with E-state index in [0.717, 1.165) is 6.42 Å². The molecule has 1 atom stereocenters. The summed E-state index contributed by atoms with van der Waals surface area (Å²) in [5.74, 6) is 0. The zero-order valence-corrected chi connectivity index (χ0v) is 20.2. The molecule has 0 heterocycles. The first-order valence-electron chi connectivity index (χ1n) is 11.7. The maximum Gasteiger partial charge on any atom is 0.0431 e. The van der Waals surface area contributed by atoms with E-state index in [1.165, 1.54) is 122 Å². The van der Waals surface area contributed by atoms with Crippen molar-refractivity contribution >= 4 is 24.0 Å². The number of aliphatic hydroxyl groups is 1. The molecule has 0 spiro atoms. The molecule has 0 aliphatic carbocycles. The van der Waals surface area contributed by atoms with Gasteiger partial charge in [-0.05, 0) is 19.3 Å². The smallest absolute Gasteiger partial charge is 0.0431 e. The van der Waals surface area contributed by atoms with Crippen LogP contribution in [0, 0.1) is 0 Å². The van der Waals surface area contributed by atoms with Crippen LogP contribution in [-0.4, -0.2) is 17.8 Å². The first kappa shape index (κ1) is 28.9. The molecule has 26 heavy (non-hydrogen) atoms. The molecule has 0 aliphatic rings. The van der Waals surface area contributed by atoms with Crippen LogP contribution in [-0.2, 0) is 0 Å². The Bertz CT molecular complexity index is 238. The Labute approximate surface area is 182 Å². The minimum Gasteiger partial charge on any atom is -0.396 e. The second kappa shape index (κ2) is 25.6. The molecule has 0 aromatic heterocycles. The van der Waals surface area contributed by atoms with Gasteiger partial charge in [-0.2, -0.15) is 0 Å². The fourth-order valence-corrected chi connectivity index (χ4v) is 3.62.